The smallest absolute Gasteiger partial charge is 0.345 e. The van der Waals surface area contributed by atoms with Gasteiger partial charge in [-0.3, -0.25) is 9.69 Å². The largest absolute Gasteiger partial charge is 0.380 e. The number of hydrogen-bond acceptors (Lipinski definition) is 6. The van der Waals surface area contributed by atoms with Crippen molar-refractivity contribution in [2.45, 2.75) is 70.7 Å². The molecule has 1 saturated heterocycles. The minimum Gasteiger partial charge on any atom is -0.380 e. The van der Waals surface area contributed by atoms with Crippen LogP contribution in [0.1, 0.15) is 56.1 Å². The Kier molecular flexibility index (Phi) is 12.8. The second kappa shape index (κ2) is 17.0. The average molecular weight is 630 g/mol. The Morgan fingerprint density at radius 1 is 0.864 bits per heavy atom. The molecule has 2 aromatic rings. The second-order valence-corrected chi connectivity index (χ2v) is 12.9. The fourth-order valence-corrected chi connectivity index (χ4v) is 6.19. The van der Waals surface area contributed by atoms with Gasteiger partial charge in [0, 0.05) is 89.2 Å². The third kappa shape index (κ3) is 9.68. The van der Waals surface area contributed by atoms with Crippen molar-refractivity contribution in [3.63, 3.8) is 0 Å². The molecule has 1 amide bonds. The zero-order chi connectivity index (χ0) is 30.6. The third-order valence-electron chi connectivity index (χ3n) is 8.98. The molecule has 1 N–H and O–H groups in total. The van der Waals surface area contributed by atoms with Crippen LogP contribution in [-0.2, 0) is 32.3 Å². The van der Waals surface area contributed by atoms with Gasteiger partial charge in [-0.05, 0) is 50.2 Å². The Balaban J connectivity index is 0.882. The Morgan fingerprint density at radius 2 is 1.55 bits per heavy atom. The number of carbonyl (C=O) groups is 1. The molecule has 0 aromatic carbocycles. The van der Waals surface area contributed by atoms with E-state index >= 15 is 0 Å². The quantitative estimate of drug-likeness (QED) is 0.118. The van der Waals surface area contributed by atoms with E-state index in [1.165, 1.54) is 29.8 Å². The zero-order valence-corrected chi connectivity index (χ0v) is 27.4. The maximum Gasteiger partial charge on any atom is 0.345 e. The molecule has 5 rings (SSSR count). The summed E-state index contributed by atoms with van der Waals surface area (Å²) < 4.78 is 22.3. The predicted octanol–water partition coefficient (Wildman–Crippen LogP) is 3.06. The standard InChI is InChI=1S/C34H51ClN5O4/c1-29-7-14-39-28-40-15-8-30(26-32(40)31(39)25-29)27-44-34(9-10-34)33(41)36-12-23-42-22-6-13-37-16-18-38(19-17-37)20-24-43-21-5-3-2-4-11-35/h7-8,14-15,25-26H,2-6,9-13,16-24,27-28H2,1H3/q+1/p+1. The van der Waals surface area contributed by atoms with Gasteiger partial charge in [0.1, 0.15) is 5.60 Å². The van der Waals surface area contributed by atoms with Gasteiger partial charge in [0.2, 0.25) is 0 Å². The topological polar surface area (TPSA) is 71.0 Å². The van der Waals surface area contributed by atoms with Crippen LogP contribution >= 0.6 is 11.6 Å². The first-order valence-electron chi connectivity index (χ1n) is 16.7. The lowest BCUT2D eigenvalue weighted by atomic mass is 10.1. The Bertz CT molecular complexity index is 1200. The molecule has 4 heterocycles. The molecule has 2 fully saturated rings. The summed E-state index contributed by atoms with van der Waals surface area (Å²) in [5.74, 6) is 0.752. The van der Waals surface area contributed by atoms with Crippen LogP contribution in [0.25, 0.3) is 11.4 Å². The summed E-state index contributed by atoms with van der Waals surface area (Å²) >= 11 is 5.72. The van der Waals surface area contributed by atoms with Crippen molar-refractivity contribution in [3.05, 3.63) is 47.8 Å². The number of hydrogen-bond donors (Lipinski definition) is 1. The van der Waals surface area contributed by atoms with Gasteiger partial charge in [0.25, 0.3) is 17.3 Å². The van der Waals surface area contributed by atoms with Crippen LogP contribution in [0.3, 0.4) is 0 Å². The highest BCUT2D eigenvalue weighted by Gasteiger charge is 2.51. The summed E-state index contributed by atoms with van der Waals surface area (Å²) in [6.45, 7) is 13.3. The predicted molar refractivity (Wildman–Crippen MR) is 170 cm³/mol. The number of rotatable bonds is 20. The number of halogens is 1. The highest BCUT2D eigenvalue weighted by Crippen LogP contribution is 2.40. The van der Waals surface area contributed by atoms with Gasteiger partial charge in [-0.15, -0.1) is 20.7 Å². The maximum atomic E-state index is 12.9. The molecule has 1 saturated carbocycles. The number of pyridine rings is 2. The van der Waals surface area contributed by atoms with Crippen LogP contribution in [0.5, 0.6) is 0 Å². The van der Waals surface area contributed by atoms with Crippen molar-refractivity contribution in [2.75, 3.05) is 78.1 Å². The zero-order valence-electron chi connectivity index (χ0n) is 26.6. The molecule has 242 valence electrons. The lowest BCUT2D eigenvalue weighted by Gasteiger charge is -2.34. The monoisotopic (exact) mass is 629 g/mol. The molecule has 2 aromatic heterocycles. The summed E-state index contributed by atoms with van der Waals surface area (Å²) in [7, 11) is 0. The number of piperazine rings is 1. The molecule has 44 heavy (non-hydrogen) atoms. The summed E-state index contributed by atoms with van der Waals surface area (Å²) in [6, 6.07) is 8.63. The number of amides is 1. The van der Waals surface area contributed by atoms with Crippen LogP contribution in [0.2, 0.25) is 0 Å². The Hall–Kier alpha value is -2.14. The van der Waals surface area contributed by atoms with E-state index in [4.69, 9.17) is 25.8 Å². The fraction of sp³-hybridized carbons (Fsp3) is 0.676. The van der Waals surface area contributed by atoms with Gasteiger partial charge in [-0.25, -0.2) is 0 Å². The van der Waals surface area contributed by atoms with Crippen LogP contribution in [0.15, 0.2) is 36.7 Å². The van der Waals surface area contributed by atoms with Gasteiger partial charge < -0.3 is 24.4 Å². The number of aromatic nitrogens is 2. The van der Waals surface area contributed by atoms with Crippen molar-refractivity contribution < 1.29 is 28.1 Å². The summed E-state index contributed by atoms with van der Waals surface area (Å²) in [4.78, 5) is 17.9. The van der Waals surface area contributed by atoms with Gasteiger partial charge in [0.15, 0.2) is 12.4 Å². The highest BCUT2D eigenvalue weighted by atomic mass is 35.5. The van der Waals surface area contributed by atoms with E-state index in [1.807, 2.05) is 0 Å². The fourth-order valence-electron chi connectivity index (χ4n) is 6.00. The van der Waals surface area contributed by atoms with Crippen LogP contribution in [-0.4, -0.2) is 99.4 Å². The molecule has 1 aliphatic carbocycles. The number of nitrogens with zero attached hydrogens (tertiary/aromatic N) is 4. The first kappa shape index (κ1) is 33.2. The van der Waals surface area contributed by atoms with Gasteiger partial charge in [-0.1, -0.05) is 12.8 Å². The van der Waals surface area contributed by atoms with Crippen LogP contribution < -0.4 is 14.5 Å². The first-order valence-corrected chi connectivity index (χ1v) is 17.2. The molecule has 0 spiro atoms. The second-order valence-electron chi connectivity index (χ2n) is 12.5. The molecule has 0 radical (unpaired) electrons. The molecule has 0 atom stereocenters. The van der Waals surface area contributed by atoms with E-state index in [0.717, 1.165) is 103 Å². The molecule has 0 bridgehead atoms. The lowest BCUT2D eigenvalue weighted by molar-refractivity contribution is -0.877. The number of carbonyl (C=O) groups excluding carboxylic acids is 1. The summed E-state index contributed by atoms with van der Waals surface area (Å²) in [5, 5.41) is 3.04. The van der Waals surface area contributed by atoms with E-state index in [2.05, 4.69) is 67.8 Å². The minimum absolute atomic E-state index is 0.0151. The van der Waals surface area contributed by atoms with E-state index in [0.29, 0.717) is 26.4 Å². The molecular formula is C34H52ClN5O4+2. The average Bonchev–Trinajstić information content (AvgIpc) is 3.76. The Morgan fingerprint density at radius 3 is 2.32 bits per heavy atom. The lowest BCUT2D eigenvalue weighted by Crippen LogP contribution is -2.47. The third-order valence-corrected chi connectivity index (χ3v) is 9.24. The highest BCUT2D eigenvalue weighted by molar-refractivity contribution is 6.17. The number of unbranched alkanes of at least 4 members (excludes halogenated alkanes) is 3. The minimum atomic E-state index is -0.687. The number of ether oxygens (including phenoxy) is 3. The maximum absolute atomic E-state index is 12.9. The normalized spacial score (nSPS) is 17.4. The van der Waals surface area contributed by atoms with Gasteiger partial charge >= 0.3 is 6.67 Å². The van der Waals surface area contributed by atoms with E-state index in [1.54, 1.807) is 0 Å². The van der Waals surface area contributed by atoms with Crippen molar-refractivity contribution in [1.29, 1.82) is 0 Å². The van der Waals surface area contributed by atoms with Crippen molar-refractivity contribution >= 4 is 17.5 Å². The number of fused-ring (bicyclic) bond motifs is 3. The van der Waals surface area contributed by atoms with Crippen molar-refractivity contribution in [2.24, 2.45) is 0 Å². The number of aryl methyl sites for hydroxylation is 1. The van der Waals surface area contributed by atoms with E-state index in [9.17, 15) is 4.79 Å². The summed E-state index contributed by atoms with van der Waals surface area (Å²) in [6.07, 6.45) is 11.5. The summed E-state index contributed by atoms with van der Waals surface area (Å²) in [5.41, 5.74) is 4.04. The number of alkyl halides is 1. The van der Waals surface area contributed by atoms with Crippen molar-refractivity contribution in [3.8, 4) is 11.4 Å². The van der Waals surface area contributed by atoms with E-state index < -0.39 is 5.60 Å². The molecule has 10 heteroatoms. The Labute approximate surface area is 268 Å². The van der Waals surface area contributed by atoms with E-state index in [-0.39, 0.29) is 5.91 Å². The molecular weight excluding hydrogens is 578 g/mol. The first-order chi connectivity index (χ1) is 21.6. The van der Waals surface area contributed by atoms with Crippen molar-refractivity contribution in [1.82, 2.24) is 15.1 Å². The molecule has 3 aliphatic rings. The molecule has 2 aliphatic heterocycles. The SMILES string of the molecule is Cc1cc[n+]2c(c1)-c1cc(COC3(C(=O)NCCOCCCN4CCN(CCOCCCCCCCl)CC4)CC3)cc[n+]1C2. The number of nitrogens with one attached hydrogen (secondary N) is 1. The van der Waals surface area contributed by atoms with Crippen LogP contribution in [0.4, 0.5) is 0 Å². The van der Waals surface area contributed by atoms with Crippen LogP contribution in [0, 0.1) is 6.92 Å². The van der Waals surface area contributed by atoms with Gasteiger partial charge in [-0.2, -0.15) is 0 Å². The molecule has 0 unspecified atom stereocenters. The molecule has 9 nitrogen and oxygen atoms in total. The van der Waals surface area contributed by atoms with Gasteiger partial charge in [0.05, 0.1) is 19.8 Å².